The molecule has 3 aromatic heterocycles. The van der Waals surface area contributed by atoms with Crippen LogP contribution in [0.5, 0.6) is 0 Å². The quantitative estimate of drug-likeness (QED) is 0.286. The lowest BCUT2D eigenvalue weighted by Crippen LogP contribution is -2.51. The molecular formula is C28H37N9O. The maximum absolute atomic E-state index is 12.5. The van der Waals surface area contributed by atoms with Gasteiger partial charge in [-0.1, -0.05) is 18.9 Å². The Labute approximate surface area is 223 Å². The molecule has 5 N–H and O–H groups in total. The van der Waals surface area contributed by atoms with Crippen LogP contribution in [0, 0.1) is 0 Å². The molecule has 0 unspecified atom stereocenters. The number of aromatic nitrogens is 5. The van der Waals surface area contributed by atoms with E-state index < -0.39 is 0 Å². The highest BCUT2D eigenvalue weighted by Crippen LogP contribution is 2.36. The van der Waals surface area contributed by atoms with Gasteiger partial charge in [0.15, 0.2) is 5.82 Å². The van der Waals surface area contributed by atoms with Crippen molar-refractivity contribution in [1.29, 1.82) is 0 Å². The van der Waals surface area contributed by atoms with Crippen LogP contribution in [-0.4, -0.2) is 49.3 Å². The van der Waals surface area contributed by atoms with Crippen molar-refractivity contribution in [3.05, 3.63) is 54.1 Å². The van der Waals surface area contributed by atoms with E-state index in [4.69, 9.17) is 0 Å². The first-order valence-electron chi connectivity index (χ1n) is 14.1. The predicted octanol–water partition coefficient (Wildman–Crippen LogP) is 4.96. The normalized spacial score (nSPS) is 25.4. The second-order valence-electron chi connectivity index (χ2n) is 11.0. The SMILES string of the molecule is O=C(NC1CCC(Nc2nccc(Nc3cc(C4CCCC4)[nH]n3)n2)CC1)NC1CC(c2ccccn2)C1. The molecule has 0 atom stereocenters. The van der Waals surface area contributed by atoms with Gasteiger partial charge in [-0.25, -0.2) is 9.78 Å². The summed E-state index contributed by atoms with van der Waals surface area (Å²) >= 11 is 0. The first kappa shape index (κ1) is 24.6. The minimum absolute atomic E-state index is 0.0533. The molecule has 3 saturated carbocycles. The van der Waals surface area contributed by atoms with Crippen molar-refractivity contribution in [2.75, 3.05) is 10.6 Å². The molecule has 6 rings (SSSR count). The van der Waals surface area contributed by atoms with Crippen LogP contribution in [0.25, 0.3) is 0 Å². The third-order valence-electron chi connectivity index (χ3n) is 8.28. The molecule has 10 heteroatoms. The van der Waals surface area contributed by atoms with Crippen LogP contribution in [0.4, 0.5) is 22.4 Å². The Morgan fingerprint density at radius 1 is 0.816 bits per heavy atom. The first-order chi connectivity index (χ1) is 18.7. The number of rotatable bonds is 8. The smallest absolute Gasteiger partial charge is 0.315 e. The molecule has 10 nitrogen and oxygen atoms in total. The molecule has 3 aromatic rings. The first-order valence-corrected chi connectivity index (χ1v) is 14.1. The fraction of sp³-hybridized carbons (Fsp3) is 0.536. The minimum atomic E-state index is -0.0533. The zero-order valence-corrected chi connectivity index (χ0v) is 21.7. The standard InChI is InChI=1S/C28H37N9O/c38-28(33-22-15-19(16-22)23-7-3-4-13-29-23)32-21-10-8-20(9-11-21)31-27-30-14-12-25(35-27)34-26-17-24(36-37-26)18-5-1-2-6-18/h3-4,7,12-14,17-22H,1-2,5-6,8-11,15-16H2,(H2,32,33,38)(H3,30,31,34,35,36,37). The molecule has 38 heavy (non-hydrogen) atoms. The molecule has 200 valence electrons. The second-order valence-corrected chi connectivity index (χ2v) is 11.0. The van der Waals surface area contributed by atoms with Gasteiger partial charge in [0.2, 0.25) is 5.95 Å². The zero-order valence-electron chi connectivity index (χ0n) is 21.7. The lowest BCUT2D eigenvalue weighted by molar-refractivity contribution is 0.214. The fourth-order valence-electron chi connectivity index (χ4n) is 6.05. The summed E-state index contributed by atoms with van der Waals surface area (Å²) in [6, 6.07) is 10.6. The van der Waals surface area contributed by atoms with Crippen LogP contribution in [-0.2, 0) is 0 Å². The van der Waals surface area contributed by atoms with Gasteiger partial charge in [0.05, 0.1) is 0 Å². The number of nitrogens with zero attached hydrogens (tertiary/aromatic N) is 4. The maximum Gasteiger partial charge on any atom is 0.315 e. The Bertz CT molecular complexity index is 1200. The third-order valence-corrected chi connectivity index (χ3v) is 8.28. The van der Waals surface area contributed by atoms with Crippen LogP contribution in [0.2, 0.25) is 0 Å². The molecule has 0 aliphatic heterocycles. The molecule has 3 aliphatic carbocycles. The highest BCUT2D eigenvalue weighted by atomic mass is 16.2. The van der Waals surface area contributed by atoms with E-state index in [9.17, 15) is 4.79 Å². The molecule has 0 bridgehead atoms. The molecule has 0 radical (unpaired) electrons. The summed E-state index contributed by atoms with van der Waals surface area (Å²) in [7, 11) is 0. The van der Waals surface area contributed by atoms with Gasteiger partial charge in [-0.3, -0.25) is 10.1 Å². The van der Waals surface area contributed by atoms with Crippen LogP contribution in [0.1, 0.15) is 87.4 Å². The Kier molecular flexibility index (Phi) is 7.37. The number of pyridine rings is 1. The average Bonchev–Trinajstić information content (AvgIpc) is 3.60. The summed E-state index contributed by atoms with van der Waals surface area (Å²) < 4.78 is 0. The zero-order chi connectivity index (χ0) is 25.7. The number of carbonyl (C=O) groups is 1. The molecule has 0 aromatic carbocycles. The Morgan fingerprint density at radius 3 is 2.39 bits per heavy atom. The number of anilines is 3. The topological polar surface area (TPSA) is 133 Å². The van der Waals surface area contributed by atoms with Crippen molar-refractivity contribution < 1.29 is 4.79 Å². The maximum atomic E-state index is 12.5. The van der Waals surface area contributed by atoms with E-state index in [0.29, 0.717) is 17.8 Å². The van der Waals surface area contributed by atoms with Crippen molar-refractivity contribution >= 4 is 23.6 Å². The molecule has 0 spiro atoms. The van der Waals surface area contributed by atoms with Crippen LogP contribution < -0.4 is 21.3 Å². The van der Waals surface area contributed by atoms with E-state index in [2.05, 4.69) is 58.5 Å². The van der Waals surface area contributed by atoms with E-state index in [-0.39, 0.29) is 24.2 Å². The van der Waals surface area contributed by atoms with E-state index in [0.717, 1.165) is 55.9 Å². The highest BCUT2D eigenvalue weighted by molar-refractivity contribution is 5.74. The van der Waals surface area contributed by atoms with Gasteiger partial charge in [0, 0.05) is 59.8 Å². The van der Waals surface area contributed by atoms with Gasteiger partial charge < -0.3 is 21.3 Å². The molecule has 3 fully saturated rings. The van der Waals surface area contributed by atoms with Crippen LogP contribution in [0.15, 0.2) is 42.7 Å². The van der Waals surface area contributed by atoms with Gasteiger partial charge in [0.25, 0.3) is 0 Å². The van der Waals surface area contributed by atoms with Crippen LogP contribution in [0.3, 0.4) is 0 Å². The van der Waals surface area contributed by atoms with Gasteiger partial charge in [0.1, 0.15) is 5.82 Å². The number of hydrogen-bond acceptors (Lipinski definition) is 7. The summed E-state index contributed by atoms with van der Waals surface area (Å²) in [5.74, 6) is 3.17. The van der Waals surface area contributed by atoms with Crippen molar-refractivity contribution in [1.82, 2.24) is 35.8 Å². The Morgan fingerprint density at radius 2 is 1.61 bits per heavy atom. The highest BCUT2D eigenvalue weighted by Gasteiger charge is 2.33. The summed E-state index contributed by atoms with van der Waals surface area (Å²) in [6.07, 6.45) is 14.4. The largest absolute Gasteiger partial charge is 0.351 e. The summed E-state index contributed by atoms with van der Waals surface area (Å²) in [6.45, 7) is 0. The van der Waals surface area contributed by atoms with Gasteiger partial charge >= 0.3 is 6.03 Å². The average molecular weight is 516 g/mol. The van der Waals surface area contributed by atoms with Crippen molar-refractivity contribution in [3.63, 3.8) is 0 Å². The van der Waals surface area contributed by atoms with Gasteiger partial charge in [-0.2, -0.15) is 10.1 Å². The number of hydrogen-bond donors (Lipinski definition) is 5. The molecule has 3 aliphatic rings. The summed E-state index contributed by atoms with van der Waals surface area (Å²) in [5, 5.41) is 20.7. The second kappa shape index (κ2) is 11.4. The molecule has 3 heterocycles. The van der Waals surface area contributed by atoms with E-state index in [1.807, 2.05) is 24.4 Å². The number of urea groups is 1. The van der Waals surface area contributed by atoms with Crippen molar-refractivity contribution in [2.24, 2.45) is 0 Å². The van der Waals surface area contributed by atoms with E-state index >= 15 is 0 Å². The Balaban J connectivity index is 0.917. The molecule has 0 saturated heterocycles. The summed E-state index contributed by atoms with van der Waals surface area (Å²) in [5.41, 5.74) is 2.33. The number of carbonyl (C=O) groups excluding carboxylic acids is 1. The predicted molar refractivity (Wildman–Crippen MR) is 146 cm³/mol. The third kappa shape index (κ3) is 6.06. The lowest BCUT2D eigenvalue weighted by atomic mass is 9.78. The Hall–Kier alpha value is -3.69. The lowest BCUT2D eigenvalue weighted by Gasteiger charge is -2.36. The number of H-pyrrole nitrogens is 1. The number of nitrogens with one attached hydrogen (secondary N) is 5. The van der Waals surface area contributed by atoms with Crippen molar-refractivity contribution in [2.45, 2.75) is 94.2 Å². The van der Waals surface area contributed by atoms with Crippen molar-refractivity contribution in [3.8, 4) is 0 Å². The minimum Gasteiger partial charge on any atom is -0.351 e. The van der Waals surface area contributed by atoms with Gasteiger partial charge in [-0.05, 0) is 69.6 Å². The number of aromatic amines is 1. The molecular weight excluding hydrogens is 478 g/mol. The monoisotopic (exact) mass is 515 g/mol. The van der Waals surface area contributed by atoms with E-state index in [1.165, 1.54) is 31.4 Å². The van der Waals surface area contributed by atoms with E-state index in [1.54, 1.807) is 6.20 Å². The molecule has 2 amide bonds. The number of amides is 2. The van der Waals surface area contributed by atoms with Crippen LogP contribution >= 0.6 is 0 Å². The van der Waals surface area contributed by atoms with Gasteiger partial charge in [-0.15, -0.1) is 0 Å². The summed E-state index contributed by atoms with van der Waals surface area (Å²) in [4.78, 5) is 26.0. The fourth-order valence-corrected chi connectivity index (χ4v) is 6.05.